The zero-order chi connectivity index (χ0) is 8.27. The van der Waals surface area contributed by atoms with E-state index in [1.165, 1.54) is 4.90 Å². The summed E-state index contributed by atoms with van der Waals surface area (Å²) in [5.74, 6) is 0.868. The first-order valence-electron chi connectivity index (χ1n) is 3.32. The molecule has 0 amide bonds. The van der Waals surface area contributed by atoms with Crippen molar-refractivity contribution in [3.8, 4) is 5.75 Å². The number of benzene rings is 1. The highest BCUT2D eigenvalue weighted by atomic mass is 32.2. The van der Waals surface area contributed by atoms with E-state index in [1.54, 1.807) is 18.9 Å². The van der Waals surface area contributed by atoms with Crippen molar-refractivity contribution in [2.45, 2.75) is 4.90 Å². The summed E-state index contributed by atoms with van der Waals surface area (Å²) < 4.78 is 5.05. The first kappa shape index (κ1) is 8.47. The zero-order valence-electron chi connectivity index (χ0n) is 6.76. The Labute approximate surface area is 71.8 Å². The van der Waals surface area contributed by atoms with Crippen molar-refractivity contribution in [1.82, 2.24) is 0 Å². The van der Waals surface area contributed by atoms with E-state index in [0.717, 1.165) is 11.3 Å². The number of rotatable bonds is 2. The van der Waals surface area contributed by atoms with Crippen LogP contribution in [0, 0.1) is 6.92 Å². The van der Waals surface area contributed by atoms with Gasteiger partial charge < -0.3 is 4.74 Å². The highest BCUT2D eigenvalue weighted by Crippen LogP contribution is 2.23. The predicted octanol–water partition coefficient (Wildman–Crippen LogP) is 2.60. The maximum absolute atomic E-state index is 5.05. The molecule has 1 aromatic carbocycles. The topological polar surface area (TPSA) is 9.23 Å². The second-order valence-electron chi connectivity index (χ2n) is 2.18. The fraction of sp³-hybridized carbons (Fsp3) is 0.222. The molecule has 0 heterocycles. The summed E-state index contributed by atoms with van der Waals surface area (Å²) in [7, 11) is 1.66. The van der Waals surface area contributed by atoms with Crippen LogP contribution in [0.4, 0.5) is 0 Å². The van der Waals surface area contributed by atoms with Gasteiger partial charge in [-0.05, 0) is 36.9 Å². The molecule has 1 radical (unpaired) electrons. The van der Waals surface area contributed by atoms with Gasteiger partial charge in [0.15, 0.2) is 0 Å². The van der Waals surface area contributed by atoms with Crippen molar-refractivity contribution in [2.75, 3.05) is 13.4 Å². The maximum Gasteiger partial charge on any atom is 0.119 e. The summed E-state index contributed by atoms with van der Waals surface area (Å²) in [6, 6.07) is 5.90. The van der Waals surface area contributed by atoms with E-state index in [0.29, 0.717) is 0 Å². The Kier molecular flexibility index (Phi) is 2.83. The first-order valence-corrected chi connectivity index (χ1v) is 4.54. The van der Waals surface area contributed by atoms with Crippen molar-refractivity contribution in [2.24, 2.45) is 0 Å². The lowest BCUT2D eigenvalue weighted by Gasteiger charge is -2.04. The SMILES string of the molecule is [CH2]c1cc(OC)ccc1SC. The summed E-state index contributed by atoms with van der Waals surface area (Å²) in [6.45, 7) is 3.90. The fourth-order valence-corrected chi connectivity index (χ4v) is 1.41. The molecule has 0 fully saturated rings. The van der Waals surface area contributed by atoms with E-state index in [1.807, 2.05) is 24.5 Å². The van der Waals surface area contributed by atoms with Crippen LogP contribution in [-0.2, 0) is 0 Å². The molecule has 2 heteroatoms. The molecule has 0 spiro atoms. The number of hydrogen-bond acceptors (Lipinski definition) is 2. The molecule has 0 saturated carbocycles. The number of methoxy groups -OCH3 is 1. The molecule has 0 bridgehead atoms. The highest BCUT2D eigenvalue weighted by Gasteiger charge is 1.97. The van der Waals surface area contributed by atoms with E-state index >= 15 is 0 Å². The van der Waals surface area contributed by atoms with Crippen LogP contribution in [0.15, 0.2) is 23.1 Å². The predicted molar refractivity (Wildman–Crippen MR) is 49.2 cm³/mol. The third-order valence-corrected chi connectivity index (χ3v) is 2.33. The van der Waals surface area contributed by atoms with Crippen LogP contribution in [-0.4, -0.2) is 13.4 Å². The lowest BCUT2D eigenvalue weighted by Crippen LogP contribution is -1.84. The molecular formula is C9H11OS. The molecule has 11 heavy (non-hydrogen) atoms. The Morgan fingerprint density at radius 3 is 2.64 bits per heavy atom. The molecule has 0 aliphatic carbocycles. The quantitative estimate of drug-likeness (QED) is 0.626. The lowest BCUT2D eigenvalue weighted by atomic mass is 10.2. The van der Waals surface area contributed by atoms with Crippen molar-refractivity contribution >= 4 is 11.8 Å². The molecule has 0 atom stereocenters. The second kappa shape index (κ2) is 3.67. The van der Waals surface area contributed by atoms with Gasteiger partial charge in [-0.15, -0.1) is 11.8 Å². The molecule has 0 saturated heterocycles. The molecule has 0 N–H and O–H groups in total. The Bertz CT molecular complexity index is 245. The average molecular weight is 167 g/mol. The molecule has 1 aromatic rings. The van der Waals surface area contributed by atoms with Gasteiger partial charge in [-0.2, -0.15) is 0 Å². The summed E-state index contributed by atoms with van der Waals surface area (Å²) in [6.07, 6.45) is 2.04. The Hall–Kier alpha value is -0.630. The number of ether oxygens (including phenoxy) is 1. The summed E-state index contributed by atoms with van der Waals surface area (Å²) in [5.41, 5.74) is 1.02. The minimum absolute atomic E-state index is 0.868. The van der Waals surface area contributed by atoms with Crippen LogP contribution in [0.3, 0.4) is 0 Å². The minimum atomic E-state index is 0.868. The van der Waals surface area contributed by atoms with Crippen molar-refractivity contribution in [3.05, 3.63) is 30.7 Å². The Morgan fingerprint density at radius 2 is 2.18 bits per heavy atom. The van der Waals surface area contributed by atoms with Crippen molar-refractivity contribution in [1.29, 1.82) is 0 Å². The molecule has 0 aromatic heterocycles. The smallest absolute Gasteiger partial charge is 0.119 e. The third-order valence-electron chi connectivity index (χ3n) is 1.49. The molecule has 1 rings (SSSR count). The largest absolute Gasteiger partial charge is 0.497 e. The van der Waals surface area contributed by atoms with Crippen molar-refractivity contribution in [3.63, 3.8) is 0 Å². The summed E-state index contributed by atoms with van der Waals surface area (Å²) in [5, 5.41) is 0. The molecule has 0 aliphatic heterocycles. The van der Waals surface area contributed by atoms with Gasteiger partial charge in [0.05, 0.1) is 7.11 Å². The fourth-order valence-electron chi connectivity index (χ4n) is 0.882. The van der Waals surface area contributed by atoms with E-state index in [9.17, 15) is 0 Å². The zero-order valence-corrected chi connectivity index (χ0v) is 7.57. The van der Waals surface area contributed by atoms with Gasteiger partial charge in [-0.25, -0.2) is 0 Å². The van der Waals surface area contributed by atoms with Gasteiger partial charge in [0, 0.05) is 4.90 Å². The average Bonchev–Trinajstić information content (AvgIpc) is 2.04. The number of thioether (sulfide) groups is 1. The lowest BCUT2D eigenvalue weighted by molar-refractivity contribution is 0.414. The molecular weight excluding hydrogens is 156 g/mol. The van der Waals surface area contributed by atoms with Crippen LogP contribution in [0.2, 0.25) is 0 Å². The standard InChI is InChI=1S/C9H11OS/c1-7-6-8(10-2)4-5-9(7)11-3/h4-6H,1H2,2-3H3. The second-order valence-corrected chi connectivity index (χ2v) is 3.03. The molecule has 59 valence electrons. The Morgan fingerprint density at radius 1 is 1.45 bits per heavy atom. The molecule has 0 unspecified atom stereocenters. The van der Waals surface area contributed by atoms with Gasteiger partial charge in [-0.1, -0.05) is 0 Å². The van der Waals surface area contributed by atoms with E-state index in [-0.39, 0.29) is 0 Å². The normalized spacial score (nSPS) is 9.73. The number of hydrogen-bond donors (Lipinski definition) is 0. The minimum Gasteiger partial charge on any atom is -0.497 e. The van der Waals surface area contributed by atoms with E-state index in [2.05, 4.69) is 6.92 Å². The molecule has 0 aliphatic rings. The maximum atomic E-state index is 5.05. The van der Waals surface area contributed by atoms with Crippen LogP contribution in [0.5, 0.6) is 5.75 Å². The summed E-state index contributed by atoms with van der Waals surface area (Å²) >= 11 is 1.70. The van der Waals surface area contributed by atoms with Gasteiger partial charge >= 0.3 is 0 Å². The van der Waals surface area contributed by atoms with Gasteiger partial charge in [-0.3, -0.25) is 0 Å². The van der Waals surface area contributed by atoms with Gasteiger partial charge in [0.1, 0.15) is 5.75 Å². The van der Waals surface area contributed by atoms with Gasteiger partial charge in [0.2, 0.25) is 0 Å². The highest BCUT2D eigenvalue weighted by molar-refractivity contribution is 7.98. The van der Waals surface area contributed by atoms with E-state index in [4.69, 9.17) is 4.74 Å². The van der Waals surface area contributed by atoms with Crippen LogP contribution >= 0.6 is 11.8 Å². The first-order chi connectivity index (χ1) is 5.27. The van der Waals surface area contributed by atoms with E-state index < -0.39 is 0 Å². The summed E-state index contributed by atoms with van der Waals surface area (Å²) in [4.78, 5) is 1.20. The Balaban J connectivity index is 2.99. The van der Waals surface area contributed by atoms with Crippen molar-refractivity contribution < 1.29 is 4.74 Å². The van der Waals surface area contributed by atoms with Crippen LogP contribution in [0.25, 0.3) is 0 Å². The van der Waals surface area contributed by atoms with Crippen LogP contribution in [0.1, 0.15) is 5.56 Å². The molecule has 1 nitrogen and oxygen atoms in total. The monoisotopic (exact) mass is 167 g/mol. The van der Waals surface area contributed by atoms with Gasteiger partial charge in [0.25, 0.3) is 0 Å². The third kappa shape index (κ3) is 1.90. The van der Waals surface area contributed by atoms with Crippen LogP contribution < -0.4 is 4.74 Å².